The molecule has 0 radical (unpaired) electrons. The molecule has 0 aliphatic heterocycles. The van der Waals surface area contributed by atoms with Crippen LogP contribution in [0, 0.1) is 0 Å². The van der Waals surface area contributed by atoms with Gasteiger partial charge in [-0.2, -0.15) is 0 Å². The van der Waals surface area contributed by atoms with Gasteiger partial charge in [0.05, 0.1) is 51.3 Å². The van der Waals surface area contributed by atoms with E-state index in [-0.39, 0.29) is 77.2 Å². The maximum absolute atomic E-state index is 11.3. The van der Waals surface area contributed by atoms with Crippen LogP contribution >= 0.6 is 0 Å². The average molecular weight is 607 g/mol. The van der Waals surface area contributed by atoms with Crippen molar-refractivity contribution in [1.29, 1.82) is 0 Å². The van der Waals surface area contributed by atoms with Crippen molar-refractivity contribution < 1.29 is 73.4 Å². The predicted octanol–water partition coefficient (Wildman–Crippen LogP) is 0.0219. The molecule has 0 aliphatic carbocycles. The summed E-state index contributed by atoms with van der Waals surface area (Å²) in [5.74, 6) is -1.44. The molecule has 0 aromatic heterocycles. The van der Waals surface area contributed by atoms with Crippen LogP contribution in [0.4, 0.5) is 0 Å². The van der Waals surface area contributed by atoms with E-state index in [1.165, 1.54) is 21.3 Å². The summed E-state index contributed by atoms with van der Waals surface area (Å²) >= 11 is 0. The minimum absolute atomic E-state index is 0.0416. The molecule has 6 atom stereocenters. The van der Waals surface area contributed by atoms with Crippen LogP contribution in [-0.4, -0.2) is 141 Å². The Bertz CT molecular complexity index is 519. The van der Waals surface area contributed by atoms with E-state index in [0.717, 1.165) is 0 Å². The van der Waals surface area contributed by atoms with E-state index in [2.05, 4.69) is 0 Å². The molecule has 15 nitrogen and oxygen atoms in total. The Morgan fingerprint density at radius 1 is 0.585 bits per heavy atom. The summed E-state index contributed by atoms with van der Waals surface area (Å²) in [6, 6.07) is 0. The Morgan fingerprint density at radius 2 is 0.951 bits per heavy atom. The smallest absolute Gasteiger partial charge is 0.305 e. The Labute approximate surface area is 243 Å². The van der Waals surface area contributed by atoms with Crippen LogP contribution in [0.5, 0.6) is 0 Å². The molecule has 0 aromatic carbocycles. The second-order valence-electron chi connectivity index (χ2n) is 8.34. The molecule has 6 N–H and O–H groups in total. The fourth-order valence-electron chi connectivity index (χ4n) is 2.58. The zero-order valence-corrected chi connectivity index (χ0v) is 25.3. The van der Waals surface area contributed by atoms with Crippen LogP contribution in [0.15, 0.2) is 0 Å². The standard InChI is InChI=1S/C12H22O7.2C7H16O4/c1-3-9(7-13)19-12(17-2)8-18-11(16)6-4-5-10(14)15;2*1-3-6(4-8)11-7(5-9)10-2/h9,12-13H,3-8H2,1-2H3,(H,14,15);2*6-9H,3-5H2,1-2H3. The summed E-state index contributed by atoms with van der Waals surface area (Å²) < 4.78 is 35.0. The van der Waals surface area contributed by atoms with Crippen LogP contribution in [-0.2, 0) is 42.7 Å². The van der Waals surface area contributed by atoms with Crippen LogP contribution in [0.1, 0.15) is 59.3 Å². The number of esters is 1. The fraction of sp³-hybridized carbons (Fsp3) is 0.923. The average Bonchev–Trinajstić information content (AvgIpc) is 2.99. The lowest BCUT2D eigenvalue weighted by Crippen LogP contribution is -2.30. The molecule has 0 bridgehead atoms. The van der Waals surface area contributed by atoms with E-state index < -0.39 is 30.8 Å². The van der Waals surface area contributed by atoms with Gasteiger partial charge in [0.15, 0.2) is 18.9 Å². The number of ether oxygens (including phenoxy) is 7. The van der Waals surface area contributed by atoms with Gasteiger partial charge in [-0.1, -0.05) is 20.8 Å². The van der Waals surface area contributed by atoms with Gasteiger partial charge in [0.2, 0.25) is 0 Å². The molecule has 0 saturated heterocycles. The zero-order valence-electron chi connectivity index (χ0n) is 25.3. The lowest BCUT2D eigenvalue weighted by Gasteiger charge is -2.21. The first-order chi connectivity index (χ1) is 19.6. The summed E-state index contributed by atoms with van der Waals surface area (Å²) in [5.41, 5.74) is 0. The number of carboxylic acid groups (broad SMARTS) is 1. The van der Waals surface area contributed by atoms with Gasteiger partial charge in [-0.05, 0) is 25.7 Å². The molecule has 0 heterocycles. The minimum Gasteiger partial charge on any atom is -0.481 e. The first kappa shape index (κ1) is 43.9. The van der Waals surface area contributed by atoms with Crippen molar-refractivity contribution in [2.45, 2.75) is 96.5 Å². The summed E-state index contributed by atoms with van der Waals surface area (Å²) in [7, 11) is 4.31. The highest BCUT2D eigenvalue weighted by Gasteiger charge is 2.17. The Kier molecular flexibility index (Phi) is 33.7. The van der Waals surface area contributed by atoms with E-state index in [1.807, 2.05) is 20.8 Å². The number of rotatable bonds is 23. The van der Waals surface area contributed by atoms with E-state index >= 15 is 0 Å². The van der Waals surface area contributed by atoms with Crippen LogP contribution < -0.4 is 0 Å². The molecule has 0 saturated carbocycles. The molecular weight excluding hydrogens is 552 g/mol. The maximum Gasteiger partial charge on any atom is 0.305 e. The molecule has 0 amide bonds. The second-order valence-corrected chi connectivity index (χ2v) is 8.34. The van der Waals surface area contributed by atoms with Gasteiger partial charge < -0.3 is 63.8 Å². The van der Waals surface area contributed by atoms with Crippen molar-refractivity contribution in [3.63, 3.8) is 0 Å². The molecule has 41 heavy (non-hydrogen) atoms. The predicted molar refractivity (Wildman–Crippen MR) is 146 cm³/mol. The van der Waals surface area contributed by atoms with Crippen molar-refractivity contribution in [3.8, 4) is 0 Å². The van der Waals surface area contributed by atoms with Crippen molar-refractivity contribution in [1.82, 2.24) is 0 Å². The Balaban J connectivity index is -0.000000564. The van der Waals surface area contributed by atoms with Crippen molar-refractivity contribution in [3.05, 3.63) is 0 Å². The number of hydrogen-bond acceptors (Lipinski definition) is 14. The molecule has 0 aromatic rings. The molecule has 248 valence electrons. The molecule has 0 fully saturated rings. The topological polar surface area (TPSA) is 220 Å². The third-order valence-corrected chi connectivity index (χ3v) is 5.25. The highest BCUT2D eigenvalue weighted by Crippen LogP contribution is 2.06. The Hall–Kier alpha value is -1.50. The van der Waals surface area contributed by atoms with Gasteiger partial charge in [-0.3, -0.25) is 9.59 Å². The third-order valence-electron chi connectivity index (χ3n) is 5.25. The summed E-state index contributed by atoms with van der Waals surface area (Å²) in [5, 5.41) is 52.1. The molecule has 0 aliphatic rings. The fourth-order valence-corrected chi connectivity index (χ4v) is 2.58. The quantitative estimate of drug-likeness (QED) is 0.0667. The largest absolute Gasteiger partial charge is 0.481 e. The number of aliphatic hydroxyl groups excluding tert-OH is 5. The lowest BCUT2D eigenvalue weighted by atomic mass is 10.2. The van der Waals surface area contributed by atoms with Crippen LogP contribution in [0.25, 0.3) is 0 Å². The summed E-state index contributed by atoms with van der Waals surface area (Å²) in [6.45, 7) is 4.95. The van der Waals surface area contributed by atoms with Gasteiger partial charge in [0, 0.05) is 34.2 Å². The highest BCUT2D eigenvalue weighted by molar-refractivity contribution is 5.71. The first-order valence-corrected chi connectivity index (χ1v) is 13.6. The van der Waals surface area contributed by atoms with Gasteiger partial charge in [-0.25, -0.2) is 0 Å². The molecular formula is C26H54O15. The minimum atomic E-state index is -0.945. The molecule has 0 rings (SSSR count). The van der Waals surface area contributed by atoms with Crippen molar-refractivity contribution in [2.24, 2.45) is 0 Å². The van der Waals surface area contributed by atoms with E-state index in [4.69, 9.17) is 63.8 Å². The zero-order chi connectivity index (χ0) is 32.1. The highest BCUT2D eigenvalue weighted by atomic mass is 16.7. The number of aliphatic carboxylic acids is 1. The van der Waals surface area contributed by atoms with Gasteiger partial charge in [0.1, 0.15) is 6.61 Å². The number of aliphatic hydroxyl groups is 5. The lowest BCUT2D eigenvalue weighted by molar-refractivity contribution is -0.194. The molecule has 15 heteroatoms. The van der Waals surface area contributed by atoms with Crippen LogP contribution in [0.3, 0.4) is 0 Å². The second kappa shape index (κ2) is 31.4. The normalized spacial score (nSPS) is 15.2. The van der Waals surface area contributed by atoms with Crippen molar-refractivity contribution >= 4 is 11.9 Å². The molecule has 6 unspecified atom stereocenters. The van der Waals surface area contributed by atoms with E-state index in [0.29, 0.717) is 19.3 Å². The number of carboxylic acids is 1. The third kappa shape index (κ3) is 27.1. The number of carbonyl (C=O) groups excluding carboxylic acids is 1. The van der Waals surface area contributed by atoms with Crippen LogP contribution in [0.2, 0.25) is 0 Å². The van der Waals surface area contributed by atoms with E-state index in [9.17, 15) is 9.59 Å². The Morgan fingerprint density at radius 3 is 1.22 bits per heavy atom. The SMILES string of the molecule is CCC(CO)OC(CO)OC.CCC(CO)OC(CO)OC.CCC(CO)OC(COC(=O)CCCC(=O)O)OC. The number of methoxy groups -OCH3 is 3. The maximum atomic E-state index is 11.3. The summed E-state index contributed by atoms with van der Waals surface area (Å²) in [4.78, 5) is 21.6. The first-order valence-electron chi connectivity index (χ1n) is 13.6. The van der Waals surface area contributed by atoms with E-state index in [1.54, 1.807) is 0 Å². The van der Waals surface area contributed by atoms with Crippen molar-refractivity contribution in [2.75, 3.05) is 61.0 Å². The number of carbonyl (C=O) groups is 2. The van der Waals surface area contributed by atoms with Gasteiger partial charge in [0.25, 0.3) is 0 Å². The number of hydrogen-bond donors (Lipinski definition) is 6. The molecule has 0 spiro atoms. The van der Waals surface area contributed by atoms with Gasteiger partial charge >= 0.3 is 11.9 Å². The summed E-state index contributed by atoms with van der Waals surface area (Å²) in [6.07, 6.45) is -0.590. The monoisotopic (exact) mass is 606 g/mol. The van der Waals surface area contributed by atoms with Gasteiger partial charge in [-0.15, -0.1) is 0 Å².